The fourth-order valence-corrected chi connectivity index (χ4v) is 3.56. The number of nitrogens with zero attached hydrogens (tertiary/aromatic N) is 3. The van der Waals surface area contributed by atoms with Crippen molar-refractivity contribution in [3.05, 3.63) is 16.7 Å². The van der Waals surface area contributed by atoms with Crippen molar-refractivity contribution in [2.45, 2.75) is 19.4 Å². The van der Waals surface area contributed by atoms with Gasteiger partial charge in [0.25, 0.3) is 0 Å². The zero-order chi connectivity index (χ0) is 13.4. The molecule has 3 rings (SSSR count). The first-order chi connectivity index (χ1) is 9.19. The molecule has 0 spiro atoms. The van der Waals surface area contributed by atoms with Gasteiger partial charge >= 0.3 is 0 Å². The van der Waals surface area contributed by atoms with Crippen LogP contribution in [0.2, 0.25) is 5.28 Å². The van der Waals surface area contributed by atoms with Crippen LogP contribution in [0.5, 0.6) is 0 Å². The van der Waals surface area contributed by atoms with Crippen molar-refractivity contribution >= 4 is 39.0 Å². The van der Waals surface area contributed by atoms with E-state index in [4.69, 9.17) is 16.3 Å². The maximum absolute atomic E-state index is 6.03. The number of hydrogen-bond acceptors (Lipinski definition) is 5. The quantitative estimate of drug-likeness (QED) is 0.798. The number of aromatic nitrogens is 2. The Morgan fingerprint density at radius 1 is 1.47 bits per heavy atom. The summed E-state index contributed by atoms with van der Waals surface area (Å²) in [5, 5.41) is 3.43. The van der Waals surface area contributed by atoms with Gasteiger partial charge in [0.15, 0.2) is 0 Å². The molecule has 0 aliphatic carbocycles. The minimum atomic E-state index is 0.246. The molecule has 6 heteroatoms. The Kier molecular flexibility index (Phi) is 3.60. The summed E-state index contributed by atoms with van der Waals surface area (Å²) >= 11 is 7.62. The SMILES string of the molecule is COC1CN(c2nc(Cl)nc3sccc23)CCC1C. The summed E-state index contributed by atoms with van der Waals surface area (Å²) in [6.07, 6.45) is 1.35. The molecular weight excluding hydrogens is 282 g/mol. The van der Waals surface area contributed by atoms with Gasteiger partial charge in [-0.3, -0.25) is 0 Å². The van der Waals surface area contributed by atoms with Crippen molar-refractivity contribution < 1.29 is 4.74 Å². The zero-order valence-electron chi connectivity index (χ0n) is 11.0. The third-order valence-electron chi connectivity index (χ3n) is 3.77. The molecule has 102 valence electrons. The second kappa shape index (κ2) is 5.23. The maximum atomic E-state index is 6.03. The molecule has 2 atom stereocenters. The second-order valence-electron chi connectivity index (χ2n) is 4.94. The molecular formula is C13H16ClN3OS. The van der Waals surface area contributed by atoms with E-state index in [9.17, 15) is 0 Å². The van der Waals surface area contributed by atoms with Crippen LogP contribution in [0.3, 0.4) is 0 Å². The first-order valence-electron chi connectivity index (χ1n) is 6.37. The molecule has 2 aromatic heterocycles. The van der Waals surface area contributed by atoms with Gasteiger partial charge < -0.3 is 9.64 Å². The van der Waals surface area contributed by atoms with Gasteiger partial charge in [-0.15, -0.1) is 11.3 Å². The molecule has 0 bridgehead atoms. The van der Waals surface area contributed by atoms with E-state index in [1.807, 2.05) is 5.38 Å². The fraction of sp³-hybridized carbons (Fsp3) is 0.538. The molecule has 0 amide bonds. The van der Waals surface area contributed by atoms with E-state index in [0.29, 0.717) is 11.2 Å². The summed E-state index contributed by atoms with van der Waals surface area (Å²) < 4.78 is 5.56. The number of fused-ring (bicyclic) bond motifs is 1. The molecule has 1 saturated heterocycles. The average Bonchev–Trinajstić information content (AvgIpc) is 2.86. The Bertz CT molecular complexity index is 588. The Morgan fingerprint density at radius 2 is 2.32 bits per heavy atom. The molecule has 1 aliphatic heterocycles. The number of halogens is 1. The van der Waals surface area contributed by atoms with Gasteiger partial charge in [-0.1, -0.05) is 6.92 Å². The van der Waals surface area contributed by atoms with E-state index < -0.39 is 0 Å². The summed E-state index contributed by atoms with van der Waals surface area (Å²) in [6, 6.07) is 2.06. The van der Waals surface area contributed by atoms with Gasteiger partial charge in [-0.25, -0.2) is 4.98 Å². The van der Waals surface area contributed by atoms with Crippen LogP contribution < -0.4 is 4.90 Å². The molecule has 0 N–H and O–H groups in total. The monoisotopic (exact) mass is 297 g/mol. The average molecular weight is 298 g/mol. The predicted molar refractivity (Wildman–Crippen MR) is 79.2 cm³/mol. The topological polar surface area (TPSA) is 38.2 Å². The molecule has 1 aliphatic rings. The van der Waals surface area contributed by atoms with Crippen LogP contribution in [-0.2, 0) is 4.74 Å². The van der Waals surface area contributed by atoms with Gasteiger partial charge in [0.05, 0.1) is 11.5 Å². The van der Waals surface area contributed by atoms with Gasteiger partial charge in [0.1, 0.15) is 10.6 Å². The summed E-state index contributed by atoms with van der Waals surface area (Å²) in [5.74, 6) is 1.52. The first kappa shape index (κ1) is 13.1. The number of anilines is 1. The lowest BCUT2D eigenvalue weighted by atomic mass is 9.96. The third kappa shape index (κ3) is 2.42. The van der Waals surface area contributed by atoms with Crippen LogP contribution in [0, 0.1) is 5.92 Å². The molecule has 3 heterocycles. The highest BCUT2D eigenvalue weighted by molar-refractivity contribution is 7.16. The molecule has 0 saturated carbocycles. The van der Waals surface area contributed by atoms with Gasteiger partial charge in [-0.05, 0) is 35.4 Å². The molecule has 19 heavy (non-hydrogen) atoms. The second-order valence-corrected chi connectivity index (χ2v) is 6.17. The number of ether oxygens (including phenoxy) is 1. The Morgan fingerprint density at radius 3 is 3.11 bits per heavy atom. The van der Waals surface area contributed by atoms with E-state index in [1.54, 1.807) is 18.4 Å². The number of piperidine rings is 1. The highest BCUT2D eigenvalue weighted by Crippen LogP contribution is 2.32. The number of rotatable bonds is 2. The lowest BCUT2D eigenvalue weighted by Gasteiger charge is -2.37. The van der Waals surface area contributed by atoms with Crippen molar-refractivity contribution in [2.24, 2.45) is 5.92 Å². The fourth-order valence-electron chi connectivity index (χ4n) is 2.59. The van der Waals surface area contributed by atoms with Crippen LogP contribution in [0.4, 0.5) is 5.82 Å². The van der Waals surface area contributed by atoms with Crippen LogP contribution in [0.1, 0.15) is 13.3 Å². The van der Waals surface area contributed by atoms with E-state index >= 15 is 0 Å². The first-order valence-corrected chi connectivity index (χ1v) is 7.63. The predicted octanol–water partition coefficient (Wildman–Crippen LogP) is 3.21. The molecule has 1 fully saturated rings. The molecule has 0 radical (unpaired) electrons. The van der Waals surface area contributed by atoms with Crippen molar-refractivity contribution in [2.75, 3.05) is 25.1 Å². The molecule has 2 aromatic rings. The normalized spacial score (nSPS) is 24.1. The van der Waals surface area contributed by atoms with E-state index in [-0.39, 0.29) is 6.10 Å². The third-order valence-corrected chi connectivity index (χ3v) is 4.74. The summed E-state index contributed by atoms with van der Waals surface area (Å²) in [6.45, 7) is 4.08. The van der Waals surface area contributed by atoms with Crippen LogP contribution in [-0.4, -0.2) is 36.3 Å². The van der Waals surface area contributed by atoms with E-state index in [0.717, 1.165) is 35.5 Å². The van der Waals surface area contributed by atoms with Gasteiger partial charge in [-0.2, -0.15) is 4.98 Å². The Labute approximate surface area is 121 Å². The molecule has 4 nitrogen and oxygen atoms in total. The number of methoxy groups -OCH3 is 1. The van der Waals surface area contributed by atoms with Gasteiger partial charge in [0, 0.05) is 20.2 Å². The Balaban J connectivity index is 1.97. The molecule has 2 unspecified atom stereocenters. The molecule has 0 aromatic carbocycles. The van der Waals surface area contributed by atoms with Crippen LogP contribution in [0.15, 0.2) is 11.4 Å². The minimum absolute atomic E-state index is 0.246. The van der Waals surface area contributed by atoms with Crippen molar-refractivity contribution in [3.63, 3.8) is 0 Å². The summed E-state index contributed by atoms with van der Waals surface area (Å²) in [5.41, 5.74) is 0. The van der Waals surface area contributed by atoms with Crippen molar-refractivity contribution in [3.8, 4) is 0 Å². The number of hydrogen-bond donors (Lipinski definition) is 0. The van der Waals surface area contributed by atoms with E-state index in [1.165, 1.54) is 0 Å². The largest absolute Gasteiger partial charge is 0.379 e. The maximum Gasteiger partial charge on any atom is 0.225 e. The van der Waals surface area contributed by atoms with E-state index in [2.05, 4.69) is 27.9 Å². The summed E-state index contributed by atoms with van der Waals surface area (Å²) in [4.78, 5) is 11.9. The number of thiophene rings is 1. The van der Waals surface area contributed by atoms with Crippen molar-refractivity contribution in [1.29, 1.82) is 0 Å². The standard InChI is InChI=1S/C13H16ClN3OS/c1-8-3-5-17(7-10(8)18-2)11-9-4-6-19-12(9)16-13(14)15-11/h4,6,8,10H,3,5,7H2,1-2H3. The highest BCUT2D eigenvalue weighted by Gasteiger charge is 2.28. The smallest absolute Gasteiger partial charge is 0.225 e. The van der Waals surface area contributed by atoms with Crippen LogP contribution >= 0.6 is 22.9 Å². The zero-order valence-corrected chi connectivity index (χ0v) is 12.5. The lowest BCUT2D eigenvalue weighted by Crippen LogP contribution is -2.44. The van der Waals surface area contributed by atoms with Crippen molar-refractivity contribution in [1.82, 2.24) is 9.97 Å². The van der Waals surface area contributed by atoms with Crippen LogP contribution in [0.25, 0.3) is 10.2 Å². The summed E-state index contributed by atoms with van der Waals surface area (Å²) in [7, 11) is 1.78. The Hall–Kier alpha value is -0.910. The van der Waals surface area contributed by atoms with Gasteiger partial charge in [0.2, 0.25) is 5.28 Å². The lowest BCUT2D eigenvalue weighted by molar-refractivity contribution is 0.0497. The minimum Gasteiger partial charge on any atom is -0.379 e. The highest BCUT2D eigenvalue weighted by atomic mass is 35.5.